The summed E-state index contributed by atoms with van der Waals surface area (Å²) in [5.41, 5.74) is 11.5. The van der Waals surface area contributed by atoms with Crippen LogP contribution < -0.4 is 16.4 Å². The number of halogens is 1. The van der Waals surface area contributed by atoms with E-state index in [0.717, 1.165) is 13.0 Å². The van der Waals surface area contributed by atoms with Gasteiger partial charge in [-0.1, -0.05) is 6.07 Å². The minimum Gasteiger partial charge on any atom is -0.368 e. The van der Waals surface area contributed by atoms with Gasteiger partial charge in [0.2, 0.25) is 0 Å². The van der Waals surface area contributed by atoms with E-state index in [4.69, 9.17) is 11.5 Å². The second-order valence-electron chi connectivity index (χ2n) is 4.84. The highest BCUT2D eigenvalue weighted by molar-refractivity contribution is 5.99. The molecule has 18 heavy (non-hydrogen) atoms. The van der Waals surface area contributed by atoms with Gasteiger partial charge in [-0.25, -0.2) is 4.39 Å². The van der Waals surface area contributed by atoms with Gasteiger partial charge in [0.1, 0.15) is 5.82 Å². The monoisotopic (exact) mass is 251 g/mol. The Labute approximate surface area is 106 Å². The van der Waals surface area contributed by atoms with Gasteiger partial charge in [0, 0.05) is 12.6 Å². The second kappa shape index (κ2) is 4.94. The van der Waals surface area contributed by atoms with Gasteiger partial charge in [0.25, 0.3) is 5.91 Å². The van der Waals surface area contributed by atoms with Gasteiger partial charge in [0.05, 0.1) is 11.3 Å². The summed E-state index contributed by atoms with van der Waals surface area (Å²) >= 11 is 0. The van der Waals surface area contributed by atoms with Crippen molar-refractivity contribution < 1.29 is 9.18 Å². The molecule has 4 nitrogen and oxygen atoms in total. The fourth-order valence-electron chi connectivity index (χ4n) is 2.64. The highest BCUT2D eigenvalue weighted by atomic mass is 19.1. The average molecular weight is 251 g/mol. The molecular formula is C13H18FN3O. The Balaban J connectivity index is 2.39. The molecular weight excluding hydrogens is 233 g/mol. The van der Waals surface area contributed by atoms with E-state index in [1.165, 1.54) is 6.07 Å². The number of carbonyl (C=O) groups is 1. The molecule has 0 aliphatic carbocycles. The zero-order valence-corrected chi connectivity index (χ0v) is 10.4. The molecule has 5 heteroatoms. The molecule has 1 fully saturated rings. The van der Waals surface area contributed by atoms with Crippen molar-refractivity contribution in [2.75, 3.05) is 18.0 Å². The van der Waals surface area contributed by atoms with Crippen molar-refractivity contribution in [1.29, 1.82) is 0 Å². The first-order valence-corrected chi connectivity index (χ1v) is 6.09. The summed E-state index contributed by atoms with van der Waals surface area (Å²) in [6, 6.07) is 4.82. The Morgan fingerprint density at radius 3 is 2.83 bits per heavy atom. The lowest BCUT2D eigenvalue weighted by Crippen LogP contribution is -2.30. The molecule has 98 valence electrons. The summed E-state index contributed by atoms with van der Waals surface area (Å²) in [4.78, 5) is 13.4. The minimum absolute atomic E-state index is 0.0259. The minimum atomic E-state index is -0.730. The van der Waals surface area contributed by atoms with Crippen molar-refractivity contribution in [2.45, 2.75) is 19.4 Å². The van der Waals surface area contributed by atoms with Crippen molar-refractivity contribution >= 4 is 11.6 Å². The highest BCUT2D eigenvalue weighted by Crippen LogP contribution is 2.31. The largest absolute Gasteiger partial charge is 0.368 e. The first-order chi connectivity index (χ1) is 8.54. The molecule has 2 rings (SSSR count). The summed E-state index contributed by atoms with van der Waals surface area (Å²) in [5, 5.41) is 0. The molecule has 0 aromatic heterocycles. The quantitative estimate of drug-likeness (QED) is 0.845. The number of carbonyl (C=O) groups excluding carboxylic acids is 1. The molecule has 1 aliphatic rings. The van der Waals surface area contributed by atoms with E-state index in [2.05, 4.69) is 0 Å². The first kappa shape index (κ1) is 12.8. The number of anilines is 1. The summed E-state index contributed by atoms with van der Waals surface area (Å²) in [6.45, 7) is 3.38. The van der Waals surface area contributed by atoms with Gasteiger partial charge >= 0.3 is 0 Å². The lowest BCUT2D eigenvalue weighted by molar-refractivity contribution is 0.0997. The van der Waals surface area contributed by atoms with E-state index in [-0.39, 0.29) is 11.6 Å². The Bertz CT molecular complexity index is 464. The molecule has 4 N–H and O–H groups in total. The van der Waals surface area contributed by atoms with Crippen LogP contribution in [0, 0.1) is 11.7 Å². The smallest absolute Gasteiger partial charge is 0.253 e. The second-order valence-corrected chi connectivity index (χ2v) is 4.84. The van der Waals surface area contributed by atoms with Crippen molar-refractivity contribution in [3.05, 3.63) is 29.6 Å². The maximum absolute atomic E-state index is 13.7. The molecule has 2 atom stereocenters. The molecule has 1 aliphatic heterocycles. The van der Waals surface area contributed by atoms with Crippen LogP contribution >= 0.6 is 0 Å². The standard InChI is InChI=1S/C13H18FN3O/c1-8-5-9(6-15)7-17(8)11-4-2-3-10(14)12(11)13(16)18/h2-4,8-9H,5-7,15H2,1H3,(H2,16,18). The lowest BCUT2D eigenvalue weighted by Gasteiger charge is -2.25. The van der Waals surface area contributed by atoms with Gasteiger partial charge in [-0.3, -0.25) is 4.79 Å². The molecule has 0 saturated carbocycles. The zero-order chi connectivity index (χ0) is 13.3. The molecule has 0 radical (unpaired) electrons. The molecule has 1 aromatic rings. The Hall–Kier alpha value is -1.62. The summed E-state index contributed by atoms with van der Waals surface area (Å²) in [6.07, 6.45) is 0.950. The number of rotatable bonds is 3. The van der Waals surface area contributed by atoms with E-state index in [1.54, 1.807) is 12.1 Å². The molecule has 1 heterocycles. The van der Waals surface area contributed by atoms with Crippen LogP contribution in [-0.4, -0.2) is 25.0 Å². The van der Waals surface area contributed by atoms with Crippen LogP contribution in [0.4, 0.5) is 10.1 Å². The number of hydrogen-bond donors (Lipinski definition) is 2. The lowest BCUT2D eigenvalue weighted by atomic mass is 10.1. The number of amides is 1. The van der Waals surface area contributed by atoms with Gasteiger partial charge in [0.15, 0.2) is 0 Å². The topological polar surface area (TPSA) is 72.3 Å². The van der Waals surface area contributed by atoms with Crippen molar-refractivity contribution in [2.24, 2.45) is 17.4 Å². The summed E-state index contributed by atoms with van der Waals surface area (Å²) < 4.78 is 13.7. The van der Waals surface area contributed by atoms with Gasteiger partial charge < -0.3 is 16.4 Å². The summed E-state index contributed by atoms with van der Waals surface area (Å²) in [7, 11) is 0. The molecule has 0 spiro atoms. The third kappa shape index (κ3) is 2.18. The van der Waals surface area contributed by atoms with Crippen molar-refractivity contribution in [1.82, 2.24) is 0 Å². The third-order valence-electron chi connectivity index (χ3n) is 3.54. The van der Waals surface area contributed by atoms with Crippen LogP contribution in [0.1, 0.15) is 23.7 Å². The van der Waals surface area contributed by atoms with Crippen LogP contribution in [0.5, 0.6) is 0 Å². The van der Waals surface area contributed by atoms with E-state index < -0.39 is 11.7 Å². The maximum atomic E-state index is 13.7. The fraction of sp³-hybridized carbons (Fsp3) is 0.462. The fourth-order valence-corrected chi connectivity index (χ4v) is 2.64. The van der Waals surface area contributed by atoms with E-state index in [1.807, 2.05) is 11.8 Å². The Morgan fingerprint density at radius 2 is 2.28 bits per heavy atom. The van der Waals surface area contributed by atoms with Crippen LogP contribution in [0.15, 0.2) is 18.2 Å². The van der Waals surface area contributed by atoms with Gasteiger partial charge in [-0.15, -0.1) is 0 Å². The SMILES string of the molecule is CC1CC(CN)CN1c1cccc(F)c1C(N)=O. The zero-order valence-electron chi connectivity index (χ0n) is 10.4. The normalized spacial score (nSPS) is 23.4. The number of hydrogen-bond acceptors (Lipinski definition) is 3. The first-order valence-electron chi connectivity index (χ1n) is 6.09. The van der Waals surface area contributed by atoms with E-state index >= 15 is 0 Å². The number of primary amides is 1. The van der Waals surface area contributed by atoms with Crippen molar-refractivity contribution in [3.8, 4) is 0 Å². The number of benzene rings is 1. The maximum Gasteiger partial charge on any atom is 0.253 e. The van der Waals surface area contributed by atoms with Crippen LogP contribution in [0.3, 0.4) is 0 Å². The number of nitrogens with two attached hydrogens (primary N) is 2. The average Bonchev–Trinajstić information content (AvgIpc) is 2.69. The van der Waals surface area contributed by atoms with Crippen LogP contribution in [-0.2, 0) is 0 Å². The van der Waals surface area contributed by atoms with Gasteiger partial charge in [-0.05, 0) is 37.9 Å². The van der Waals surface area contributed by atoms with E-state index in [0.29, 0.717) is 18.2 Å². The molecule has 1 aromatic carbocycles. The predicted octanol–water partition coefficient (Wildman–Crippen LogP) is 1.10. The predicted molar refractivity (Wildman–Crippen MR) is 68.9 cm³/mol. The van der Waals surface area contributed by atoms with Crippen LogP contribution in [0.25, 0.3) is 0 Å². The molecule has 1 amide bonds. The van der Waals surface area contributed by atoms with Crippen LogP contribution in [0.2, 0.25) is 0 Å². The highest BCUT2D eigenvalue weighted by Gasteiger charge is 2.31. The summed E-state index contributed by atoms with van der Waals surface area (Å²) in [5.74, 6) is -0.918. The Morgan fingerprint density at radius 1 is 1.56 bits per heavy atom. The molecule has 1 saturated heterocycles. The Kier molecular flexibility index (Phi) is 3.52. The van der Waals surface area contributed by atoms with E-state index in [9.17, 15) is 9.18 Å². The van der Waals surface area contributed by atoms with Gasteiger partial charge in [-0.2, -0.15) is 0 Å². The number of nitrogens with zero attached hydrogens (tertiary/aromatic N) is 1. The molecule has 2 unspecified atom stereocenters. The third-order valence-corrected chi connectivity index (χ3v) is 3.54. The molecule has 0 bridgehead atoms. The van der Waals surface area contributed by atoms with Crippen molar-refractivity contribution in [3.63, 3.8) is 0 Å².